The maximum absolute atomic E-state index is 12.3. The number of carbonyl (C=O) groups is 4. The van der Waals surface area contributed by atoms with Crippen LogP contribution in [0.5, 0.6) is 11.5 Å². The summed E-state index contributed by atoms with van der Waals surface area (Å²) in [6.45, 7) is -0.0955. The maximum Gasteiger partial charge on any atom is 0.308 e. The van der Waals surface area contributed by atoms with Gasteiger partial charge in [0.2, 0.25) is 0 Å². The number of hydrogen-bond acceptors (Lipinski definition) is 7. The van der Waals surface area contributed by atoms with E-state index in [0.29, 0.717) is 22.6 Å². The van der Waals surface area contributed by atoms with E-state index in [1.165, 1.54) is 0 Å². The number of imide groups is 1. The van der Waals surface area contributed by atoms with Gasteiger partial charge in [-0.15, -0.1) is 0 Å². The summed E-state index contributed by atoms with van der Waals surface area (Å²) in [7, 11) is 0. The number of fused-ring (bicyclic) bond motifs is 2. The van der Waals surface area contributed by atoms with Crippen LogP contribution in [0.3, 0.4) is 0 Å². The highest BCUT2D eigenvalue weighted by atomic mass is 16.6. The second-order valence-electron chi connectivity index (χ2n) is 7.02. The van der Waals surface area contributed by atoms with E-state index in [2.05, 4.69) is 5.32 Å². The second-order valence-corrected chi connectivity index (χ2v) is 7.02. The Morgan fingerprint density at radius 2 is 1.65 bits per heavy atom. The number of nitrogens with zero attached hydrogens (tertiary/aromatic N) is 1. The Bertz CT molecular complexity index is 1000. The van der Waals surface area contributed by atoms with Gasteiger partial charge in [-0.05, 0) is 24.3 Å². The van der Waals surface area contributed by atoms with E-state index in [1.807, 2.05) is 12.1 Å². The lowest BCUT2D eigenvalue weighted by atomic mass is 10.1. The third kappa shape index (κ3) is 4.50. The molecule has 31 heavy (non-hydrogen) atoms. The van der Waals surface area contributed by atoms with E-state index in [-0.39, 0.29) is 32.2 Å². The number of ether oxygens (including phenoxy) is 3. The molecule has 2 aliphatic rings. The summed E-state index contributed by atoms with van der Waals surface area (Å²) in [5.74, 6) is -0.802. The Morgan fingerprint density at radius 3 is 2.35 bits per heavy atom. The highest BCUT2D eigenvalue weighted by molar-refractivity contribution is 6.21. The third-order valence-corrected chi connectivity index (χ3v) is 4.88. The van der Waals surface area contributed by atoms with Gasteiger partial charge in [0, 0.05) is 6.54 Å². The Kier molecular flexibility index (Phi) is 5.83. The minimum absolute atomic E-state index is 0.112. The van der Waals surface area contributed by atoms with Crippen molar-refractivity contribution in [1.29, 1.82) is 0 Å². The van der Waals surface area contributed by atoms with Crippen LogP contribution in [-0.4, -0.2) is 61.0 Å². The molecule has 0 fully saturated rings. The number of carbonyl (C=O) groups excluding carboxylic acids is 4. The molecular formula is C22H20N2O7. The fourth-order valence-corrected chi connectivity index (χ4v) is 3.31. The minimum atomic E-state index is -0.683. The summed E-state index contributed by atoms with van der Waals surface area (Å²) in [6, 6.07) is 13.7. The van der Waals surface area contributed by atoms with E-state index in [4.69, 9.17) is 14.2 Å². The van der Waals surface area contributed by atoms with Gasteiger partial charge in [0.25, 0.3) is 17.7 Å². The Hall–Kier alpha value is -3.88. The van der Waals surface area contributed by atoms with Gasteiger partial charge in [0.05, 0.1) is 24.1 Å². The van der Waals surface area contributed by atoms with Gasteiger partial charge in [-0.25, -0.2) is 0 Å². The smallest absolute Gasteiger partial charge is 0.308 e. The first-order chi connectivity index (χ1) is 15.0. The first-order valence-corrected chi connectivity index (χ1v) is 9.79. The number of nitrogens with one attached hydrogen (secondary N) is 1. The monoisotopic (exact) mass is 424 g/mol. The third-order valence-electron chi connectivity index (χ3n) is 4.88. The molecule has 0 bridgehead atoms. The van der Waals surface area contributed by atoms with Gasteiger partial charge in [-0.3, -0.25) is 24.1 Å². The van der Waals surface area contributed by atoms with Crippen LogP contribution >= 0.6 is 0 Å². The van der Waals surface area contributed by atoms with Gasteiger partial charge in [-0.2, -0.15) is 0 Å². The predicted molar refractivity (Wildman–Crippen MR) is 107 cm³/mol. The average Bonchev–Trinajstić information content (AvgIpc) is 3.04. The SMILES string of the molecule is O=C(COC(=O)CCN1C(=O)c2ccccc2C1=O)NCC1COc2ccccc2O1. The first kappa shape index (κ1) is 20.4. The van der Waals surface area contributed by atoms with Gasteiger partial charge in [-0.1, -0.05) is 24.3 Å². The molecule has 2 aromatic carbocycles. The molecule has 0 aliphatic carbocycles. The zero-order chi connectivity index (χ0) is 21.8. The van der Waals surface area contributed by atoms with Crippen molar-refractivity contribution >= 4 is 23.7 Å². The number of para-hydroxylation sites is 2. The standard InChI is InChI=1S/C22H20N2O7/c25-19(23-11-14-12-29-17-7-3-4-8-18(17)31-14)13-30-20(26)9-10-24-21(27)15-5-1-2-6-16(15)22(24)28/h1-8,14H,9-13H2,(H,23,25). The van der Waals surface area contributed by atoms with Crippen molar-refractivity contribution in [2.24, 2.45) is 0 Å². The van der Waals surface area contributed by atoms with Gasteiger partial charge < -0.3 is 19.5 Å². The lowest BCUT2D eigenvalue weighted by molar-refractivity contribution is -0.148. The fourth-order valence-electron chi connectivity index (χ4n) is 3.31. The molecule has 0 saturated carbocycles. The lowest BCUT2D eigenvalue weighted by Crippen LogP contribution is -2.42. The van der Waals surface area contributed by atoms with Crippen LogP contribution in [0.25, 0.3) is 0 Å². The molecule has 2 heterocycles. The molecule has 160 valence electrons. The molecule has 0 radical (unpaired) electrons. The lowest BCUT2D eigenvalue weighted by Gasteiger charge is -2.26. The van der Waals surface area contributed by atoms with Crippen LogP contribution in [0.15, 0.2) is 48.5 Å². The quantitative estimate of drug-likeness (QED) is 0.525. The number of benzene rings is 2. The van der Waals surface area contributed by atoms with Gasteiger partial charge >= 0.3 is 5.97 Å². The second kappa shape index (κ2) is 8.86. The summed E-state index contributed by atoms with van der Waals surface area (Å²) in [6.07, 6.45) is -0.557. The largest absolute Gasteiger partial charge is 0.486 e. The van der Waals surface area contributed by atoms with Crippen molar-refractivity contribution in [3.63, 3.8) is 0 Å². The number of rotatable bonds is 7. The molecule has 0 spiro atoms. The maximum atomic E-state index is 12.3. The molecule has 3 amide bonds. The predicted octanol–water partition coefficient (Wildman–Crippen LogP) is 1.17. The number of hydrogen-bond donors (Lipinski definition) is 1. The molecule has 0 aromatic heterocycles. The molecule has 1 unspecified atom stereocenters. The van der Waals surface area contributed by atoms with E-state index < -0.39 is 30.3 Å². The van der Waals surface area contributed by atoms with Crippen molar-refractivity contribution in [3.8, 4) is 11.5 Å². The Labute approximate surface area is 177 Å². The summed E-state index contributed by atoms with van der Waals surface area (Å²) >= 11 is 0. The van der Waals surface area contributed by atoms with Crippen LogP contribution in [0.4, 0.5) is 0 Å². The van der Waals surface area contributed by atoms with Crippen molar-refractivity contribution in [2.45, 2.75) is 12.5 Å². The molecule has 9 heteroatoms. The normalized spacial score (nSPS) is 16.6. The number of esters is 1. The molecule has 2 aliphatic heterocycles. The highest BCUT2D eigenvalue weighted by Gasteiger charge is 2.35. The molecular weight excluding hydrogens is 404 g/mol. The van der Waals surface area contributed by atoms with E-state index in [9.17, 15) is 19.2 Å². The minimum Gasteiger partial charge on any atom is -0.486 e. The van der Waals surface area contributed by atoms with Crippen molar-refractivity contribution < 1.29 is 33.4 Å². The van der Waals surface area contributed by atoms with E-state index in [0.717, 1.165) is 4.90 Å². The molecule has 9 nitrogen and oxygen atoms in total. The molecule has 1 atom stereocenters. The van der Waals surface area contributed by atoms with Crippen LogP contribution in [-0.2, 0) is 14.3 Å². The zero-order valence-corrected chi connectivity index (χ0v) is 16.5. The first-order valence-electron chi connectivity index (χ1n) is 9.79. The highest BCUT2D eigenvalue weighted by Crippen LogP contribution is 2.30. The molecule has 0 saturated heterocycles. The Balaban J connectivity index is 1.16. The van der Waals surface area contributed by atoms with Crippen molar-refractivity contribution in [3.05, 3.63) is 59.7 Å². The van der Waals surface area contributed by atoms with Gasteiger partial charge in [0.15, 0.2) is 18.1 Å². The summed E-state index contributed by atoms with van der Waals surface area (Å²) in [5, 5.41) is 2.62. The Morgan fingerprint density at radius 1 is 1.00 bits per heavy atom. The fraction of sp³-hybridized carbons (Fsp3) is 0.273. The van der Waals surface area contributed by atoms with Crippen molar-refractivity contribution in [1.82, 2.24) is 10.2 Å². The molecule has 2 aromatic rings. The molecule has 1 N–H and O–H groups in total. The summed E-state index contributed by atoms with van der Waals surface area (Å²) in [5.41, 5.74) is 0.633. The van der Waals surface area contributed by atoms with Crippen molar-refractivity contribution in [2.75, 3.05) is 26.3 Å². The van der Waals surface area contributed by atoms with E-state index >= 15 is 0 Å². The average molecular weight is 424 g/mol. The number of amides is 3. The van der Waals surface area contributed by atoms with Crippen LogP contribution in [0, 0.1) is 0 Å². The summed E-state index contributed by atoms with van der Waals surface area (Å²) < 4.78 is 16.2. The van der Waals surface area contributed by atoms with Gasteiger partial charge in [0.1, 0.15) is 12.7 Å². The van der Waals surface area contributed by atoms with Crippen LogP contribution < -0.4 is 14.8 Å². The van der Waals surface area contributed by atoms with E-state index in [1.54, 1.807) is 36.4 Å². The van der Waals surface area contributed by atoms with Crippen LogP contribution in [0.2, 0.25) is 0 Å². The zero-order valence-electron chi connectivity index (χ0n) is 16.5. The molecule has 4 rings (SSSR count). The topological polar surface area (TPSA) is 111 Å². The van der Waals surface area contributed by atoms with Crippen LogP contribution in [0.1, 0.15) is 27.1 Å². The summed E-state index contributed by atoms with van der Waals surface area (Å²) in [4.78, 5) is 49.4.